The van der Waals surface area contributed by atoms with E-state index in [-0.39, 0.29) is 0 Å². The molecular formula is C16H20O3. The first-order valence-corrected chi connectivity index (χ1v) is 6.90. The van der Waals surface area contributed by atoms with Gasteiger partial charge in [-0.2, -0.15) is 0 Å². The van der Waals surface area contributed by atoms with E-state index in [2.05, 4.69) is 0 Å². The molecule has 0 amide bonds. The van der Waals surface area contributed by atoms with Crippen LogP contribution in [0.4, 0.5) is 0 Å². The summed E-state index contributed by atoms with van der Waals surface area (Å²) < 4.78 is 5.39. The van der Waals surface area contributed by atoms with Crippen LogP contribution in [0.3, 0.4) is 0 Å². The van der Waals surface area contributed by atoms with Crippen molar-refractivity contribution in [3.63, 3.8) is 0 Å². The van der Waals surface area contributed by atoms with Crippen LogP contribution in [0.25, 0.3) is 0 Å². The average molecular weight is 260 g/mol. The van der Waals surface area contributed by atoms with Gasteiger partial charge < -0.3 is 9.84 Å². The van der Waals surface area contributed by atoms with Gasteiger partial charge in [0.2, 0.25) is 0 Å². The predicted octanol–water partition coefficient (Wildman–Crippen LogP) is 3.29. The molecule has 0 heterocycles. The highest BCUT2D eigenvalue weighted by Gasteiger charge is 2.62. The second kappa shape index (κ2) is 3.99. The number of rotatable bonds is 3. The second-order valence-corrected chi connectivity index (χ2v) is 6.30. The zero-order valence-electron chi connectivity index (χ0n) is 11.5. The Balaban J connectivity index is 2.02. The van der Waals surface area contributed by atoms with Crippen molar-refractivity contribution in [2.24, 2.45) is 5.41 Å². The summed E-state index contributed by atoms with van der Waals surface area (Å²) in [6, 6.07) is 5.84. The predicted molar refractivity (Wildman–Crippen MR) is 72.6 cm³/mol. The Morgan fingerprint density at radius 3 is 2.47 bits per heavy atom. The molecule has 0 unspecified atom stereocenters. The maximum atomic E-state index is 11.9. The molecule has 0 bridgehead atoms. The minimum Gasteiger partial charge on any atom is -0.496 e. The molecular weight excluding hydrogens is 240 g/mol. The van der Waals surface area contributed by atoms with Crippen LogP contribution in [-0.2, 0) is 10.2 Å². The monoisotopic (exact) mass is 260 g/mol. The average Bonchev–Trinajstić information content (AvgIpc) is 2.25. The lowest BCUT2D eigenvalue weighted by atomic mass is 9.43. The fraction of sp³-hybridized carbons (Fsp3) is 0.562. The number of carboxylic acids is 1. The Morgan fingerprint density at radius 2 is 2.00 bits per heavy atom. The normalized spacial score (nSPS) is 22.4. The number of carboxylic acid groups (broad SMARTS) is 1. The molecule has 1 aromatic rings. The molecule has 0 saturated heterocycles. The lowest BCUT2D eigenvalue weighted by molar-refractivity contribution is -0.160. The third-order valence-electron chi connectivity index (χ3n) is 5.05. The Labute approximate surface area is 113 Å². The summed E-state index contributed by atoms with van der Waals surface area (Å²) in [7, 11) is 1.61. The largest absolute Gasteiger partial charge is 0.496 e. The number of aliphatic carboxylic acids is 1. The molecule has 3 rings (SSSR count). The number of ether oxygens (including phenoxy) is 1. The fourth-order valence-corrected chi connectivity index (χ4v) is 3.91. The van der Waals surface area contributed by atoms with Gasteiger partial charge in [-0.1, -0.05) is 24.1 Å². The summed E-state index contributed by atoms with van der Waals surface area (Å²) in [5, 5.41) is 9.74. The third-order valence-corrected chi connectivity index (χ3v) is 5.05. The van der Waals surface area contributed by atoms with Gasteiger partial charge >= 0.3 is 5.97 Å². The van der Waals surface area contributed by atoms with Gasteiger partial charge in [-0.3, -0.25) is 4.79 Å². The molecule has 0 aliphatic heterocycles. The van der Waals surface area contributed by atoms with Crippen molar-refractivity contribution in [1.82, 2.24) is 0 Å². The van der Waals surface area contributed by atoms with Crippen LogP contribution in [0.5, 0.6) is 5.75 Å². The first kappa shape index (κ1) is 12.5. The zero-order chi connectivity index (χ0) is 13.7. The van der Waals surface area contributed by atoms with Crippen LogP contribution in [0.1, 0.15) is 43.2 Å². The number of hydrogen-bond acceptors (Lipinski definition) is 2. The van der Waals surface area contributed by atoms with E-state index in [0.29, 0.717) is 11.2 Å². The van der Waals surface area contributed by atoms with E-state index in [0.717, 1.165) is 24.0 Å². The first-order valence-electron chi connectivity index (χ1n) is 6.90. The van der Waals surface area contributed by atoms with Gasteiger partial charge in [0.25, 0.3) is 0 Å². The highest BCUT2D eigenvalue weighted by Crippen LogP contribution is 2.66. The molecule has 1 aromatic carbocycles. The number of carbonyl (C=O) groups is 1. The van der Waals surface area contributed by atoms with Crippen molar-refractivity contribution in [2.75, 3.05) is 7.11 Å². The van der Waals surface area contributed by atoms with E-state index in [4.69, 9.17) is 4.74 Å². The molecule has 1 N–H and O–H groups in total. The summed E-state index contributed by atoms with van der Waals surface area (Å²) in [5.41, 5.74) is 1.54. The van der Waals surface area contributed by atoms with Crippen LogP contribution < -0.4 is 4.74 Å². The summed E-state index contributed by atoms with van der Waals surface area (Å²) in [5.74, 6) is 0.0103. The number of aryl methyl sites for hydroxylation is 1. The minimum absolute atomic E-state index is 0.313. The van der Waals surface area contributed by atoms with Crippen LogP contribution in [-0.4, -0.2) is 18.2 Å². The van der Waals surface area contributed by atoms with Gasteiger partial charge in [0.05, 0.1) is 12.5 Å². The van der Waals surface area contributed by atoms with Gasteiger partial charge in [0.1, 0.15) is 5.75 Å². The van der Waals surface area contributed by atoms with E-state index in [1.54, 1.807) is 7.11 Å². The SMILES string of the molecule is COc1ccc(C)cc1C1(C(=O)O)CC2(CCC2)C1. The molecule has 3 heteroatoms. The Morgan fingerprint density at radius 1 is 1.32 bits per heavy atom. The summed E-state index contributed by atoms with van der Waals surface area (Å²) in [4.78, 5) is 11.9. The summed E-state index contributed by atoms with van der Waals surface area (Å²) >= 11 is 0. The topological polar surface area (TPSA) is 46.5 Å². The number of hydrogen-bond donors (Lipinski definition) is 1. The van der Waals surface area contributed by atoms with E-state index in [1.807, 2.05) is 25.1 Å². The fourth-order valence-electron chi connectivity index (χ4n) is 3.91. The number of methoxy groups -OCH3 is 1. The summed E-state index contributed by atoms with van der Waals surface area (Å²) in [6.45, 7) is 2.00. The van der Waals surface area contributed by atoms with Crippen LogP contribution >= 0.6 is 0 Å². The molecule has 0 atom stereocenters. The Bertz CT molecular complexity index is 521. The van der Waals surface area contributed by atoms with Gasteiger partial charge in [-0.15, -0.1) is 0 Å². The lowest BCUT2D eigenvalue weighted by Gasteiger charge is -2.59. The van der Waals surface area contributed by atoms with Crippen molar-refractivity contribution in [2.45, 2.75) is 44.4 Å². The van der Waals surface area contributed by atoms with Crippen LogP contribution in [0.2, 0.25) is 0 Å². The van der Waals surface area contributed by atoms with Gasteiger partial charge in [0, 0.05) is 5.56 Å². The molecule has 0 aromatic heterocycles. The Hall–Kier alpha value is -1.51. The maximum absolute atomic E-state index is 11.9. The van der Waals surface area contributed by atoms with Gasteiger partial charge in [0.15, 0.2) is 0 Å². The standard InChI is InChI=1S/C16H20O3/c1-11-4-5-13(19-2)12(8-11)16(14(17)18)9-15(10-16)6-3-7-15/h4-5,8H,3,6-7,9-10H2,1-2H3,(H,17,18). The van der Waals surface area contributed by atoms with E-state index < -0.39 is 11.4 Å². The zero-order valence-corrected chi connectivity index (χ0v) is 11.5. The quantitative estimate of drug-likeness (QED) is 0.907. The second-order valence-electron chi connectivity index (χ2n) is 6.30. The smallest absolute Gasteiger partial charge is 0.314 e. The summed E-state index contributed by atoms with van der Waals surface area (Å²) in [6.07, 6.45) is 5.18. The lowest BCUT2D eigenvalue weighted by Crippen LogP contribution is -2.57. The molecule has 1 spiro atoms. The van der Waals surface area contributed by atoms with Crippen molar-refractivity contribution in [3.05, 3.63) is 29.3 Å². The molecule has 2 aliphatic carbocycles. The van der Waals surface area contributed by atoms with Crippen molar-refractivity contribution >= 4 is 5.97 Å². The Kier molecular flexibility index (Phi) is 2.63. The maximum Gasteiger partial charge on any atom is 0.314 e. The first-order chi connectivity index (χ1) is 9.01. The van der Waals surface area contributed by atoms with Crippen molar-refractivity contribution in [3.8, 4) is 5.75 Å². The van der Waals surface area contributed by atoms with Crippen LogP contribution in [0.15, 0.2) is 18.2 Å². The van der Waals surface area contributed by atoms with Crippen LogP contribution in [0, 0.1) is 12.3 Å². The molecule has 0 radical (unpaired) electrons. The molecule has 19 heavy (non-hydrogen) atoms. The molecule has 2 fully saturated rings. The van der Waals surface area contributed by atoms with Gasteiger partial charge in [-0.25, -0.2) is 0 Å². The van der Waals surface area contributed by atoms with E-state index in [9.17, 15) is 9.90 Å². The highest BCUT2D eigenvalue weighted by atomic mass is 16.5. The van der Waals surface area contributed by atoms with Crippen molar-refractivity contribution < 1.29 is 14.6 Å². The van der Waals surface area contributed by atoms with E-state index in [1.165, 1.54) is 19.3 Å². The molecule has 102 valence electrons. The molecule has 2 aliphatic rings. The highest BCUT2D eigenvalue weighted by molar-refractivity contribution is 5.84. The third kappa shape index (κ3) is 1.67. The molecule has 2 saturated carbocycles. The number of benzene rings is 1. The molecule has 3 nitrogen and oxygen atoms in total. The van der Waals surface area contributed by atoms with Crippen molar-refractivity contribution in [1.29, 1.82) is 0 Å². The van der Waals surface area contributed by atoms with Gasteiger partial charge in [-0.05, 0) is 44.1 Å². The minimum atomic E-state index is -0.724. The van der Waals surface area contributed by atoms with E-state index >= 15 is 0 Å².